The number of aliphatic hydroxyl groups excluding tert-OH is 1. The Kier molecular flexibility index (Phi) is 6.00. The Morgan fingerprint density at radius 3 is 2.39 bits per heavy atom. The molecule has 122 valence electrons. The summed E-state index contributed by atoms with van der Waals surface area (Å²) in [7, 11) is 3.13. The molecule has 0 aliphatic carbocycles. The molecule has 0 heterocycles. The highest BCUT2D eigenvalue weighted by molar-refractivity contribution is 5.97. The quantitative estimate of drug-likeness (QED) is 0.820. The van der Waals surface area contributed by atoms with Gasteiger partial charge < -0.3 is 19.9 Å². The fraction of sp³-hybridized carbons (Fsp3) is 0.278. The first kappa shape index (κ1) is 16.8. The summed E-state index contributed by atoms with van der Waals surface area (Å²) in [5.74, 6) is 1.01. The molecule has 0 aromatic heterocycles. The van der Waals surface area contributed by atoms with E-state index >= 15 is 0 Å². The number of aliphatic hydroxyl groups is 1. The lowest BCUT2D eigenvalue weighted by molar-refractivity contribution is 0.0913. The van der Waals surface area contributed by atoms with Crippen LogP contribution in [0.4, 0.5) is 0 Å². The van der Waals surface area contributed by atoms with Crippen molar-refractivity contribution in [3.63, 3.8) is 0 Å². The van der Waals surface area contributed by atoms with Crippen LogP contribution < -0.4 is 14.8 Å². The van der Waals surface area contributed by atoms with Gasteiger partial charge in [0.25, 0.3) is 5.91 Å². The molecule has 2 aromatic carbocycles. The van der Waals surface area contributed by atoms with Gasteiger partial charge in [0.15, 0.2) is 0 Å². The largest absolute Gasteiger partial charge is 0.497 e. The molecule has 1 unspecified atom stereocenters. The zero-order chi connectivity index (χ0) is 16.7. The zero-order valence-electron chi connectivity index (χ0n) is 13.3. The van der Waals surface area contributed by atoms with Crippen LogP contribution in [-0.4, -0.2) is 37.9 Å². The SMILES string of the molecule is COc1ccc(CC(CO)NC(=O)c2ccccc2OC)cc1. The van der Waals surface area contributed by atoms with Crippen molar-refractivity contribution in [2.24, 2.45) is 0 Å². The van der Waals surface area contributed by atoms with Gasteiger partial charge in [-0.05, 0) is 36.2 Å². The Labute approximate surface area is 135 Å². The number of hydrogen-bond donors (Lipinski definition) is 2. The topological polar surface area (TPSA) is 67.8 Å². The van der Waals surface area contributed by atoms with Crippen LogP contribution in [0.5, 0.6) is 11.5 Å². The number of ether oxygens (including phenoxy) is 2. The van der Waals surface area contributed by atoms with Gasteiger partial charge in [0, 0.05) is 0 Å². The standard InChI is InChI=1S/C18H21NO4/c1-22-15-9-7-13(8-10-15)11-14(12-20)19-18(21)16-5-3-4-6-17(16)23-2/h3-10,14,20H,11-12H2,1-2H3,(H,19,21). The molecule has 2 rings (SSSR count). The fourth-order valence-electron chi connectivity index (χ4n) is 2.30. The van der Waals surface area contributed by atoms with Gasteiger partial charge in [-0.15, -0.1) is 0 Å². The molecule has 0 radical (unpaired) electrons. The maximum absolute atomic E-state index is 12.4. The normalized spacial score (nSPS) is 11.6. The summed E-state index contributed by atoms with van der Waals surface area (Å²) in [5, 5.41) is 12.4. The molecule has 5 nitrogen and oxygen atoms in total. The Balaban J connectivity index is 2.04. The third-order valence-electron chi connectivity index (χ3n) is 3.55. The molecule has 2 N–H and O–H groups in total. The van der Waals surface area contributed by atoms with E-state index in [0.717, 1.165) is 11.3 Å². The predicted molar refractivity (Wildman–Crippen MR) is 88.0 cm³/mol. The molecule has 5 heteroatoms. The lowest BCUT2D eigenvalue weighted by Gasteiger charge is -2.17. The summed E-state index contributed by atoms with van der Waals surface area (Å²) in [6.45, 7) is -0.146. The Morgan fingerprint density at radius 2 is 1.78 bits per heavy atom. The van der Waals surface area contributed by atoms with Crippen molar-refractivity contribution in [3.8, 4) is 11.5 Å². The smallest absolute Gasteiger partial charge is 0.255 e. The average Bonchev–Trinajstić information content (AvgIpc) is 2.61. The first-order valence-corrected chi connectivity index (χ1v) is 7.35. The lowest BCUT2D eigenvalue weighted by Crippen LogP contribution is -2.39. The molecule has 0 spiro atoms. The molecule has 0 aliphatic rings. The average molecular weight is 315 g/mol. The zero-order valence-corrected chi connectivity index (χ0v) is 13.3. The molecule has 0 saturated carbocycles. The highest BCUT2D eigenvalue weighted by Gasteiger charge is 2.16. The van der Waals surface area contributed by atoms with Crippen molar-refractivity contribution in [1.29, 1.82) is 0 Å². The Hall–Kier alpha value is -2.53. The molecule has 1 atom stereocenters. The maximum Gasteiger partial charge on any atom is 0.255 e. The van der Waals surface area contributed by atoms with Gasteiger partial charge in [-0.25, -0.2) is 0 Å². The van der Waals surface area contributed by atoms with Crippen LogP contribution in [0.2, 0.25) is 0 Å². The number of rotatable bonds is 7. The van der Waals surface area contributed by atoms with Crippen molar-refractivity contribution in [3.05, 3.63) is 59.7 Å². The van der Waals surface area contributed by atoms with Crippen molar-refractivity contribution >= 4 is 5.91 Å². The van der Waals surface area contributed by atoms with E-state index < -0.39 is 0 Å². The second-order valence-electron chi connectivity index (χ2n) is 5.11. The first-order valence-electron chi connectivity index (χ1n) is 7.35. The molecule has 23 heavy (non-hydrogen) atoms. The monoisotopic (exact) mass is 315 g/mol. The number of nitrogens with one attached hydrogen (secondary N) is 1. The fourth-order valence-corrected chi connectivity index (χ4v) is 2.30. The minimum Gasteiger partial charge on any atom is -0.497 e. The summed E-state index contributed by atoms with van der Waals surface area (Å²) in [4.78, 5) is 12.4. The lowest BCUT2D eigenvalue weighted by atomic mass is 10.1. The second-order valence-corrected chi connectivity index (χ2v) is 5.11. The third kappa shape index (κ3) is 4.47. The number of methoxy groups -OCH3 is 2. The van der Waals surface area contributed by atoms with E-state index in [0.29, 0.717) is 17.7 Å². The van der Waals surface area contributed by atoms with Crippen LogP contribution in [0.25, 0.3) is 0 Å². The highest BCUT2D eigenvalue weighted by atomic mass is 16.5. The molecular weight excluding hydrogens is 294 g/mol. The highest BCUT2D eigenvalue weighted by Crippen LogP contribution is 2.17. The molecule has 0 saturated heterocycles. The minimum atomic E-state index is -0.374. The van der Waals surface area contributed by atoms with E-state index in [2.05, 4.69) is 5.32 Å². The summed E-state index contributed by atoms with van der Waals surface area (Å²) in [6, 6.07) is 14.2. The summed E-state index contributed by atoms with van der Waals surface area (Å²) in [5.41, 5.74) is 1.45. The van der Waals surface area contributed by atoms with Crippen LogP contribution >= 0.6 is 0 Å². The van der Waals surface area contributed by atoms with Crippen molar-refractivity contribution in [2.45, 2.75) is 12.5 Å². The predicted octanol–water partition coefficient (Wildman–Crippen LogP) is 2.04. The number of amides is 1. The van der Waals surface area contributed by atoms with Gasteiger partial charge >= 0.3 is 0 Å². The van der Waals surface area contributed by atoms with Gasteiger partial charge in [0.05, 0.1) is 32.4 Å². The van der Waals surface area contributed by atoms with Crippen LogP contribution in [0.3, 0.4) is 0 Å². The second kappa shape index (κ2) is 8.19. The van der Waals surface area contributed by atoms with Gasteiger partial charge in [-0.3, -0.25) is 4.79 Å². The molecule has 0 bridgehead atoms. The van der Waals surface area contributed by atoms with Crippen LogP contribution in [0, 0.1) is 0 Å². The van der Waals surface area contributed by atoms with E-state index in [1.807, 2.05) is 24.3 Å². The van der Waals surface area contributed by atoms with Gasteiger partial charge in [0.1, 0.15) is 11.5 Å². The third-order valence-corrected chi connectivity index (χ3v) is 3.55. The van der Waals surface area contributed by atoms with Crippen LogP contribution in [0.1, 0.15) is 15.9 Å². The Morgan fingerprint density at radius 1 is 1.09 bits per heavy atom. The maximum atomic E-state index is 12.4. The van der Waals surface area contributed by atoms with E-state index in [-0.39, 0.29) is 18.6 Å². The minimum absolute atomic E-state index is 0.146. The van der Waals surface area contributed by atoms with Crippen molar-refractivity contribution in [1.82, 2.24) is 5.32 Å². The van der Waals surface area contributed by atoms with E-state index in [4.69, 9.17) is 9.47 Å². The molecule has 1 amide bonds. The van der Waals surface area contributed by atoms with Gasteiger partial charge in [-0.1, -0.05) is 24.3 Å². The van der Waals surface area contributed by atoms with Crippen LogP contribution in [-0.2, 0) is 6.42 Å². The number of benzene rings is 2. The first-order chi connectivity index (χ1) is 11.2. The van der Waals surface area contributed by atoms with Gasteiger partial charge in [-0.2, -0.15) is 0 Å². The number of carbonyl (C=O) groups excluding carboxylic acids is 1. The Bertz CT molecular complexity index is 640. The van der Waals surface area contributed by atoms with Crippen molar-refractivity contribution in [2.75, 3.05) is 20.8 Å². The molecule has 0 aliphatic heterocycles. The van der Waals surface area contributed by atoms with Crippen LogP contribution in [0.15, 0.2) is 48.5 Å². The van der Waals surface area contributed by atoms with E-state index in [9.17, 15) is 9.90 Å². The summed E-state index contributed by atoms with van der Waals surface area (Å²) < 4.78 is 10.3. The van der Waals surface area contributed by atoms with E-state index in [1.54, 1.807) is 31.4 Å². The summed E-state index contributed by atoms with van der Waals surface area (Å²) >= 11 is 0. The molecular formula is C18H21NO4. The van der Waals surface area contributed by atoms with E-state index in [1.165, 1.54) is 7.11 Å². The molecule has 0 fully saturated rings. The van der Waals surface area contributed by atoms with Gasteiger partial charge in [0.2, 0.25) is 0 Å². The molecule has 2 aromatic rings. The number of hydrogen-bond acceptors (Lipinski definition) is 4. The number of carbonyl (C=O) groups is 1. The van der Waals surface area contributed by atoms with Crippen molar-refractivity contribution < 1.29 is 19.4 Å². The number of para-hydroxylation sites is 1. The summed E-state index contributed by atoms with van der Waals surface area (Å²) in [6.07, 6.45) is 0.529.